The van der Waals surface area contributed by atoms with Crippen molar-refractivity contribution in [1.29, 1.82) is 5.26 Å². The zero-order chi connectivity index (χ0) is 16.1. The second-order valence-electron chi connectivity index (χ2n) is 4.30. The largest absolute Gasteiger partial charge is 0.319 e. The van der Waals surface area contributed by atoms with Gasteiger partial charge in [-0.15, -0.1) is 0 Å². The van der Waals surface area contributed by atoms with E-state index in [4.69, 9.17) is 16.9 Å². The third kappa shape index (κ3) is 3.90. The van der Waals surface area contributed by atoms with Gasteiger partial charge in [-0.05, 0) is 35.9 Å². The molecule has 0 spiro atoms. The van der Waals surface area contributed by atoms with Crippen LogP contribution in [0.5, 0.6) is 0 Å². The molecule has 2 aromatic carbocycles. The first kappa shape index (κ1) is 15.7. The van der Waals surface area contributed by atoms with Gasteiger partial charge in [-0.2, -0.15) is 5.26 Å². The topological polar surface area (TPSA) is 52.9 Å². The normalized spacial score (nSPS) is 10.9. The van der Waals surface area contributed by atoms with Crippen molar-refractivity contribution in [1.82, 2.24) is 0 Å². The van der Waals surface area contributed by atoms with E-state index in [1.807, 2.05) is 0 Å². The standard InChI is InChI=1S/C16H9ClF2N2O/c17-12-3-1-10(2-4-12)7-11(9-20)16(22)21-15-6-5-13(18)8-14(15)19/h1-8H,(H,21,22). The van der Waals surface area contributed by atoms with Gasteiger partial charge in [0, 0.05) is 11.1 Å². The predicted octanol–water partition coefficient (Wildman–Crippen LogP) is 4.16. The van der Waals surface area contributed by atoms with Crippen LogP contribution in [0.3, 0.4) is 0 Å². The van der Waals surface area contributed by atoms with Crippen molar-refractivity contribution in [2.75, 3.05) is 5.32 Å². The number of benzene rings is 2. The van der Waals surface area contributed by atoms with Crippen LogP contribution in [0.25, 0.3) is 6.08 Å². The number of nitrogens with zero attached hydrogens (tertiary/aromatic N) is 1. The molecule has 0 aromatic heterocycles. The molecule has 0 aliphatic rings. The van der Waals surface area contributed by atoms with Crippen LogP contribution in [-0.4, -0.2) is 5.91 Å². The van der Waals surface area contributed by atoms with E-state index in [1.165, 1.54) is 6.08 Å². The van der Waals surface area contributed by atoms with Gasteiger partial charge in [-0.25, -0.2) is 8.78 Å². The number of rotatable bonds is 3. The van der Waals surface area contributed by atoms with E-state index >= 15 is 0 Å². The van der Waals surface area contributed by atoms with Crippen LogP contribution in [0.2, 0.25) is 5.02 Å². The van der Waals surface area contributed by atoms with Crippen molar-refractivity contribution in [2.24, 2.45) is 0 Å². The Morgan fingerprint density at radius 2 is 1.86 bits per heavy atom. The lowest BCUT2D eigenvalue weighted by molar-refractivity contribution is -0.112. The van der Waals surface area contributed by atoms with Crippen LogP contribution in [0, 0.1) is 23.0 Å². The van der Waals surface area contributed by atoms with Gasteiger partial charge in [0.1, 0.15) is 23.3 Å². The third-order valence-electron chi connectivity index (χ3n) is 2.73. The fourth-order valence-corrected chi connectivity index (χ4v) is 1.78. The molecule has 2 rings (SSSR count). The number of nitriles is 1. The van der Waals surface area contributed by atoms with Crippen molar-refractivity contribution in [2.45, 2.75) is 0 Å². The highest BCUT2D eigenvalue weighted by Crippen LogP contribution is 2.17. The van der Waals surface area contributed by atoms with Gasteiger partial charge in [0.2, 0.25) is 0 Å². The molecule has 0 saturated carbocycles. The van der Waals surface area contributed by atoms with Gasteiger partial charge >= 0.3 is 0 Å². The molecule has 0 aliphatic heterocycles. The van der Waals surface area contributed by atoms with E-state index in [-0.39, 0.29) is 11.3 Å². The third-order valence-corrected chi connectivity index (χ3v) is 2.98. The van der Waals surface area contributed by atoms with Gasteiger partial charge < -0.3 is 5.32 Å². The monoisotopic (exact) mass is 318 g/mol. The summed E-state index contributed by atoms with van der Waals surface area (Å²) in [4.78, 5) is 12.0. The fourth-order valence-electron chi connectivity index (χ4n) is 1.65. The average molecular weight is 319 g/mol. The Morgan fingerprint density at radius 3 is 2.45 bits per heavy atom. The molecule has 0 unspecified atom stereocenters. The highest BCUT2D eigenvalue weighted by Gasteiger charge is 2.12. The molecule has 0 atom stereocenters. The Bertz CT molecular complexity index is 780. The smallest absolute Gasteiger partial charge is 0.266 e. The first-order chi connectivity index (χ1) is 10.5. The lowest BCUT2D eigenvalue weighted by Gasteiger charge is -2.05. The summed E-state index contributed by atoms with van der Waals surface area (Å²) in [6, 6.07) is 11.0. The van der Waals surface area contributed by atoms with E-state index in [0.717, 1.165) is 12.1 Å². The minimum absolute atomic E-state index is 0.205. The second kappa shape index (κ2) is 6.83. The number of carbonyl (C=O) groups is 1. The number of amides is 1. The van der Waals surface area contributed by atoms with Crippen LogP contribution in [-0.2, 0) is 4.79 Å². The van der Waals surface area contributed by atoms with Crippen molar-refractivity contribution in [3.05, 3.63) is 70.3 Å². The molecular formula is C16H9ClF2N2O. The molecular weight excluding hydrogens is 310 g/mol. The lowest BCUT2D eigenvalue weighted by atomic mass is 10.1. The molecule has 0 heterocycles. The SMILES string of the molecule is N#CC(=Cc1ccc(Cl)cc1)C(=O)Nc1ccc(F)cc1F. The maximum absolute atomic E-state index is 13.5. The van der Waals surface area contributed by atoms with Gasteiger partial charge in [0.05, 0.1) is 5.69 Å². The van der Waals surface area contributed by atoms with Crippen molar-refractivity contribution in [3.8, 4) is 6.07 Å². The average Bonchev–Trinajstić information content (AvgIpc) is 2.49. The number of hydrogen-bond donors (Lipinski definition) is 1. The number of halogens is 3. The van der Waals surface area contributed by atoms with E-state index < -0.39 is 17.5 Å². The minimum atomic E-state index is -0.919. The highest BCUT2D eigenvalue weighted by atomic mass is 35.5. The van der Waals surface area contributed by atoms with Gasteiger partial charge in [-0.1, -0.05) is 23.7 Å². The van der Waals surface area contributed by atoms with E-state index in [1.54, 1.807) is 30.3 Å². The summed E-state index contributed by atoms with van der Waals surface area (Å²) in [6.07, 6.45) is 1.34. The highest BCUT2D eigenvalue weighted by molar-refractivity contribution is 6.30. The number of carbonyl (C=O) groups excluding carboxylic acids is 1. The zero-order valence-corrected chi connectivity index (χ0v) is 11.9. The van der Waals surface area contributed by atoms with Crippen LogP contribution in [0.1, 0.15) is 5.56 Å². The van der Waals surface area contributed by atoms with E-state index in [0.29, 0.717) is 16.7 Å². The van der Waals surface area contributed by atoms with Crippen LogP contribution >= 0.6 is 11.6 Å². The maximum atomic E-state index is 13.5. The lowest BCUT2D eigenvalue weighted by Crippen LogP contribution is -2.14. The number of anilines is 1. The summed E-state index contributed by atoms with van der Waals surface area (Å²) in [5.41, 5.74) is 0.172. The molecule has 1 amide bonds. The summed E-state index contributed by atoms with van der Waals surface area (Å²) < 4.78 is 26.3. The predicted molar refractivity (Wildman–Crippen MR) is 80.0 cm³/mol. The summed E-state index contributed by atoms with van der Waals surface area (Å²) in [5.74, 6) is -2.46. The Morgan fingerprint density at radius 1 is 1.18 bits per heavy atom. The fraction of sp³-hybridized carbons (Fsp3) is 0. The molecule has 22 heavy (non-hydrogen) atoms. The molecule has 2 aromatic rings. The van der Waals surface area contributed by atoms with Crippen LogP contribution in [0.4, 0.5) is 14.5 Å². The molecule has 0 fully saturated rings. The Labute approximate surface area is 130 Å². The molecule has 110 valence electrons. The molecule has 0 bridgehead atoms. The molecule has 3 nitrogen and oxygen atoms in total. The van der Waals surface area contributed by atoms with Gasteiger partial charge in [0.15, 0.2) is 0 Å². The summed E-state index contributed by atoms with van der Waals surface area (Å²) in [6.45, 7) is 0. The first-order valence-electron chi connectivity index (χ1n) is 6.13. The van der Waals surface area contributed by atoms with Crippen molar-refractivity contribution >= 4 is 29.3 Å². The van der Waals surface area contributed by atoms with Crippen LogP contribution in [0.15, 0.2) is 48.0 Å². The van der Waals surface area contributed by atoms with Gasteiger partial charge in [-0.3, -0.25) is 4.79 Å². The number of hydrogen-bond acceptors (Lipinski definition) is 2. The number of nitrogens with one attached hydrogen (secondary N) is 1. The minimum Gasteiger partial charge on any atom is -0.319 e. The summed E-state index contributed by atoms with van der Waals surface area (Å²) in [5, 5.41) is 11.8. The molecule has 0 saturated heterocycles. The van der Waals surface area contributed by atoms with Gasteiger partial charge in [0.25, 0.3) is 5.91 Å². The quantitative estimate of drug-likeness (QED) is 0.682. The molecule has 1 N–H and O–H groups in total. The van der Waals surface area contributed by atoms with E-state index in [9.17, 15) is 13.6 Å². The second-order valence-corrected chi connectivity index (χ2v) is 4.74. The Balaban J connectivity index is 2.22. The Kier molecular flexibility index (Phi) is 4.87. The van der Waals surface area contributed by atoms with Crippen LogP contribution < -0.4 is 5.32 Å². The molecule has 0 aliphatic carbocycles. The summed E-state index contributed by atoms with van der Waals surface area (Å²) in [7, 11) is 0. The van der Waals surface area contributed by atoms with E-state index in [2.05, 4.69) is 5.32 Å². The zero-order valence-electron chi connectivity index (χ0n) is 11.1. The molecule has 0 radical (unpaired) electrons. The summed E-state index contributed by atoms with van der Waals surface area (Å²) >= 11 is 5.74. The van der Waals surface area contributed by atoms with Crippen molar-refractivity contribution in [3.63, 3.8) is 0 Å². The maximum Gasteiger partial charge on any atom is 0.266 e. The molecule has 6 heteroatoms. The van der Waals surface area contributed by atoms with Crippen molar-refractivity contribution < 1.29 is 13.6 Å². The first-order valence-corrected chi connectivity index (χ1v) is 6.51. The Hall–Kier alpha value is -2.71.